The number of carbonyl (C=O) groups excluding carboxylic acids is 1. The van der Waals surface area contributed by atoms with Crippen LogP contribution in [0.15, 0.2) is 16.9 Å². The number of pyridine rings is 1. The second-order valence-corrected chi connectivity index (χ2v) is 7.11. The van der Waals surface area contributed by atoms with Crippen LogP contribution >= 0.6 is 0 Å². The minimum atomic E-state index is -0.480. The molecule has 3 rings (SSSR count). The lowest BCUT2D eigenvalue weighted by Gasteiger charge is -2.38. The second-order valence-electron chi connectivity index (χ2n) is 7.11. The van der Waals surface area contributed by atoms with Crippen LogP contribution in [0.1, 0.15) is 39.2 Å². The number of ether oxygens (including phenoxy) is 2. The van der Waals surface area contributed by atoms with Gasteiger partial charge in [0.15, 0.2) is 5.88 Å². The Balaban J connectivity index is 1.63. The highest BCUT2D eigenvalue weighted by Crippen LogP contribution is 2.39. The number of rotatable bonds is 0. The number of carbonyl (C=O) groups is 1. The third-order valence-electron chi connectivity index (χ3n) is 4.12. The molecule has 22 heavy (non-hydrogen) atoms. The van der Waals surface area contributed by atoms with Gasteiger partial charge in [-0.05, 0) is 26.8 Å². The van der Waals surface area contributed by atoms with E-state index in [9.17, 15) is 9.59 Å². The molecule has 1 N–H and O–H groups in total. The molecule has 1 aromatic heterocycles. The van der Waals surface area contributed by atoms with Gasteiger partial charge in [0.05, 0.1) is 0 Å². The Morgan fingerprint density at radius 2 is 2.00 bits per heavy atom. The summed E-state index contributed by atoms with van der Waals surface area (Å²) < 4.78 is 11.4. The number of amides is 1. The number of likely N-dealkylation sites (tertiary alicyclic amines) is 1. The van der Waals surface area contributed by atoms with Crippen molar-refractivity contribution in [3.63, 3.8) is 0 Å². The number of nitrogens with one attached hydrogen (secondary N) is 1. The number of aromatic amines is 1. The molecule has 0 aromatic carbocycles. The van der Waals surface area contributed by atoms with Crippen LogP contribution in [-0.2, 0) is 11.2 Å². The zero-order valence-corrected chi connectivity index (χ0v) is 13.3. The SMILES string of the molecule is CC(C)(C)OC(=O)N1CCC2(CC1)Cc1ccc(=O)[nH]c1O2. The number of aromatic nitrogens is 1. The third kappa shape index (κ3) is 2.96. The summed E-state index contributed by atoms with van der Waals surface area (Å²) in [5.41, 5.74) is 0.101. The van der Waals surface area contributed by atoms with E-state index in [2.05, 4.69) is 4.98 Å². The Morgan fingerprint density at radius 1 is 1.32 bits per heavy atom. The zero-order chi connectivity index (χ0) is 16.0. The molecular weight excluding hydrogens is 284 g/mol. The van der Waals surface area contributed by atoms with Crippen LogP contribution in [0.4, 0.5) is 4.79 Å². The van der Waals surface area contributed by atoms with Gasteiger partial charge in [-0.1, -0.05) is 0 Å². The molecule has 3 heterocycles. The summed E-state index contributed by atoms with van der Waals surface area (Å²) in [7, 11) is 0. The van der Waals surface area contributed by atoms with Gasteiger partial charge in [0.25, 0.3) is 5.56 Å². The Hall–Kier alpha value is -1.98. The van der Waals surface area contributed by atoms with Gasteiger partial charge in [-0.3, -0.25) is 9.78 Å². The third-order valence-corrected chi connectivity index (χ3v) is 4.12. The quantitative estimate of drug-likeness (QED) is 0.796. The number of piperidine rings is 1. The highest BCUT2D eigenvalue weighted by Gasteiger charge is 2.43. The van der Waals surface area contributed by atoms with Gasteiger partial charge in [-0.25, -0.2) is 4.79 Å². The van der Waals surface area contributed by atoms with Gasteiger partial charge in [0.2, 0.25) is 0 Å². The molecule has 0 atom stereocenters. The predicted molar refractivity (Wildman–Crippen MR) is 81.2 cm³/mol. The first kappa shape index (κ1) is 14.9. The van der Waals surface area contributed by atoms with Crippen molar-refractivity contribution in [2.24, 2.45) is 0 Å². The summed E-state index contributed by atoms with van der Waals surface area (Å²) in [6.45, 7) is 6.80. The highest BCUT2D eigenvalue weighted by molar-refractivity contribution is 5.68. The Kier molecular flexibility index (Phi) is 3.42. The van der Waals surface area contributed by atoms with E-state index in [0.717, 1.165) is 24.8 Å². The molecule has 1 amide bonds. The van der Waals surface area contributed by atoms with Crippen molar-refractivity contribution in [3.8, 4) is 5.88 Å². The molecule has 0 saturated carbocycles. The molecule has 0 unspecified atom stereocenters. The molecule has 0 radical (unpaired) electrons. The summed E-state index contributed by atoms with van der Waals surface area (Å²) in [4.78, 5) is 27.9. The smallest absolute Gasteiger partial charge is 0.410 e. The van der Waals surface area contributed by atoms with Gasteiger partial charge < -0.3 is 14.4 Å². The van der Waals surface area contributed by atoms with Gasteiger partial charge in [0, 0.05) is 44.0 Å². The van der Waals surface area contributed by atoms with Crippen LogP contribution in [0.3, 0.4) is 0 Å². The number of nitrogens with zero attached hydrogens (tertiary/aromatic N) is 1. The monoisotopic (exact) mass is 306 g/mol. The molecule has 0 bridgehead atoms. The first-order valence-corrected chi connectivity index (χ1v) is 7.66. The summed E-state index contributed by atoms with van der Waals surface area (Å²) in [6, 6.07) is 3.35. The topological polar surface area (TPSA) is 71.6 Å². The Labute approximate surface area is 129 Å². The van der Waals surface area contributed by atoms with Crippen molar-refractivity contribution < 1.29 is 14.3 Å². The van der Waals surface area contributed by atoms with Gasteiger partial charge in [-0.2, -0.15) is 0 Å². The van der Waals surface area contributed by atoms with E-state index in [-0.39, 0.29) is 17.3 Å². The average molecular weight is 306 g/mol. The van der Waals surface area contributed by atoms with Crippen molar-refractivity contribution in [2.45, 2.75) is 51.2 Å². The number of fused-ring (bicyclic) bond motifs is 1. The maximum absolute atomic E-state index is 12.1. The maximum Gasteiger partial charge on any atom is 0.410 e. The maximum atomic E-state index is 12.1. The van der Waals surface area contributed by atoms with E-state index < -0.39 is 5.60 Å². The Morgan fingerprint density at radius 3 is 2.64 bits per heavy atom. The fourth-order valence-corrected chi connectivity index (χ4v) is 3.02. The molecule has 2 aliphatic rings. The average Bonchev–Trinajstić information content (AvgIpc) is 2.74. The second kappa shape index (κ2) is 5.04. The minimum Gasteiger partial charge on any atom is -0.472 e. The molecule has 1 fully saturated rings. The molecule has 2 aliphatic heterocycles. The van der Waals surface area contributed by atoms with Gasteiger partial charge in [-0.15, -0.1) is 0 Å². The lowest BCUT2D eigenvalue weighted by molar-refractivity contribution is -0.01000. The zero-order valence-electron chi connectivity index (χ0n) is 13.3. The van der Waals surface area contributed by atoms with Crippen molar-refractivity contribution in [3.05, 3.63) is 28.0 Å². The summed E-state index contributed by atoms with van der Waals surface area (Å²) in [6.07, 6.45) is 1.99. The molecule has 6 nitrogen and oxygen atoms in total. The van der Waals surface area contributed by atoms with E-state index in [1.165, 1.54) is 6.07 Å². The lowest BCUT2D eigenvalue weighted by atomic mass is 9.87. The number of hydrogen-bond acceptors (Lipinski definition) is 4. The van der Waals surface area contributed by atoms with Crippen molar-refractivity contribution in [1.82, 2.24) is 9.88 Å². The van der Waals surface area contributed by atoms with E-state index in [1.807, 2.05) is 26.8 Å². The van der Waals surface area contributed by atoms with E-state index >= 15 is 0 Å². The van der Waals surface area contributed by atoms with Crippen molar-refractivity contribution in [1.29, 1.82) is 0 Å². The molecule has 1 saturated heterocycles. The van der Waals surface area contributed by atoms with E-state index in [4.69, 9.17) is 9.47 Å². The van der Waals surface area contributed by atoms with Crippen LogP contribution in [-0.4, -0.2) is 40.3 Å². The van der Waals surface area contributed by atoms with Crippen LogP contribution in [0.5, 0.6) is 5.88 Å². The van der Waals surface area contributed by atoms with Crippen molar-refractivity contribution >= 4 is 6.09 Å². The van der Waals surface area contributed by atoms with E-state index in [1.54, 1.807) is 4.90 Å². The predicted octanol–water partition coefficient (Wildman–Crippen LogP) is 2.08. The molecule has 0 aliphatic carbocycles. The molecular formula is C16H22N2O4. The Bertz CT molecular complexity index is 636. The van der Waals surface area contributed by atoms with Crippen LogP contribution < -0.4 is 10.3 Å². The number of H-pyrrole nitrogens is 1. The van der Waals surface area contributed by atoms with Crippen LogP contribution in [0, 0.1) is 0 Å². The molecule has 6 heteroatoms. The summed E-state index contributed by atoms with van der Waals surface area (Å²) in [5, 5.41) is 0. The first-order chi connectivity index (χ1) is 10.3. The number of hydrogen-bond donors (Lipinski definition) is 1. The summed E-state index contributed by atoms with van der Waals surface area (Å²) >= 11 is 0. The van der Waals surface area contributed by atoms with Gasteiger partial charge >= 0.3 is 6.09 Å². The lowest BCUT2D eigenvalue weighted by Crippen LogP contribution is -2.50. The first-order valence-electron chi connectivity index (χ1n) is 7.66. The summed E-state index contributed by atoms with van der Waals surface area (Å²) in [5.74, 6) is 0.582. The standard InChI is InChI=1S/C16H22N2O4/c1-15(2,3)22-14(20)18-8-6-16(7-9-18)10-11-4-5-12(19)17-13(11)21-16/h4-5H,6-10H2,1-3H3,(H,17,19). The minimum absolute atomic E-state index is 0.151. The molecule has 120 valence electrons. The molecule has 1 spiro atoms. The van der Waals surface area contributed by atoms with Crippen LogP contribution in [0.2, 0.25) is 0 Å². The molecule has 1 aromatic rings. The van der Waals surface area contributed by atoms with Crippen LogP contribution in [0.25, 0.3) is 0 Å². The van der Waals surface area contributed by atoms with Crippen molar-refractivity contribution in [2.75, 3.05) is 13.1 Å². The normalized spacial score (nSPS) is 19.7. The highest BCUT2D eigenvalue weighted by atomic mass is 16.6. The fourth-order valence-electron chi connectivity index (χ4n) is 3.02. The fraction of sp³-hybridized carbons (Fsp3) is 0.625. The largest absolute Gasteiger partial charge is 0.472 e. The van der Waals surface area contributed by atoms with E-state index in [0.29, 0.717) is 19.0 Å². The van der Waals surface area contributed by atoms with Gasteiger partial charge in [0.1, 0.15) is 11.2 Å².